The fourth-order valence-electron chi connectivity index (χ4n) is 5.78. The maximum Gasteiger partial charge on any atom is 0.408 e. The maximum absolute atomic E-state index is 14.1. The van der Waals surface area contributed by atoms with Crippen molar-refractivity contribution in [3.05, 3.63) is 42.5 Å². The molecule has 0 radical (unpaired) electrons. The summed E-state index contributed by atoms with van der Waals surface area (Å²) in [6.45, 7) is 5.30. The summed E-state index contributed by atoms with van der Waals surface area (Å²) in [6.07, 6.45) is 6.98. The van der Waals surface area contributed by atoms with Crippen molar-refractivity contribution >= 4 is 23.9 Å². The molecule has 1 aliphatic carbocycles. The van der Waals surface area contributed by atoms with Crippen molar-refractivity contribution in [3.63, 3.8) is 0 Å². The van der Waals surface area contributed by atoms with Crippen LogP contribution in [-0.2, 0) is 19.1 Å². The third-order valence-corrected chi connectivity index (χ3v) is 8.12. The monoisotopic (exact) mass is 593 g/mol. The third-order valence-electron chi connectivity index (χ3n) is 8.12. The minimum absolute atomic E-state index is 0.0808. The van der Waals surface area contributed by atoms with E-state index in [1.165, 1.54) is 9.70 Å². The predicted molar refractivity (Wildman–Crippen MR) is 154 cm³/mol. The van der Waals surface area contributed by atoms with Crippen molar-refractivity contribution in [2.75, 3.05) is 6.54 Å². The van der Waals surface area contributed by atoms with Crippen LogP contribution in [0.5, 0.6) is 0 Å². The first-order valence-corrected chi connectivity index (χ1v) is 14.8. The number of aliphatic carboxylic acids is 1. The van der Waals surface area contributed by atoms with E-state index < -0.39 is 53.1 Å². The molecule has 3 N–H and O–H groups in total. The Hall–Kier alpha value is -4.29. The number of tetrazole rings is 1. The average molecular weight is 594 g/mol. The van der Waals surface area contributed by atoms with E-state index >= 15 is 0 Å². The molecule has 1 saturated carbocycles. The number of carboxylic acid groups (broad SMARTS) is 1. The van der Waals surface area contributed by atoms with Gasteiger partial charge in [-0.05, 0) is 51.7 Å². The summed E-state index contributed by atoms with van der Waals surface area (Å²) in [5.41, 5.74) is -1.41. The van der Waals surface area contributed by atoms with Crippen LogP contribution in [0.15, 0.2) is 42.5 Å². The Balaban J connectivity index is 1.44. The fourth-order valence-corrected chi connectivity index (χ4v) is 5.78. The number of aromatic nitrogens is 4. The van der Waals surface area contributed by atoms with Crippen molar-refractivity contribution in [2.45, 2.75) is 95.0 Å². The minimum Gasteiger partial charge on any atom is -0.479 e. The van der Waals surface area contributed by atoms with Gasteiger partial charge in [-0.2, -0.15) is 4.80 Å². The summed E-state index contributed by atoms with van der Waals surface area (Å²) < 4.78 is 5.43. The molecular weight excluding hydrogens is 554 g/mol. The van der Waals surface area contributed by atoms with Gasteiger partial charge >= 0.3 is 12.1 Å². The number of hydrogen-bond donors (Lipinski definition) is 3. The highest BCUT2D eigenvalue weighted by atomic mass is 16.6. The van der Waals surface area contributed by atoms with Gasteiger partial charge in [-0.25, -0.2) is 9.59 Å². The molecule has 13 nitrogen and oxygen atoms in total. The summed E-state index contributed by atoms with van der Waals surface area (Å²) in [5.74, 6) is -2.04. The van der Waals surface area contributed by atoms with Crippen LogP contribution < -0.4 is 10.6 Å². The van der Waals surface area contributed by atoms with Gasteiger partial charge in [0, 0.05) is 24.4 Å². The van der Waals surface area contributed by atoms with Gasteiger partial charge in [0.05, 0.1) is 6.04 Å². The van der Waals surface area contributed by atoms with E-state index in [9.17, 15) is 24.3 Å². The Kier molecular flexibility index (Phi) is 8.52. The number of alkyl carbamates (subject to hydrolysis) is 1. The standard InChI is InChI=1S/C30H39N7O6/c1-29(2,3)43-28(42)31-22-15-11-6-4-5-10-14-20-17-30(20,27(40)41)32-25(38)23-16-21(18-36(23)26(22)39)37-34-24(33-35-37)19-12-8-7-9-13-19/h7-10,12-14,20-23H,4-6,11,15-18H2,1-3H3,(H,31,42)(H,32,38)(H,40,41)/b14-10-/t20?,21-,22+,23+,30-/m1/s1. The van der Waals surface area contributed by atoms with Gasteiger partial charge in [0.1, 0.15) is 23.2 Å². The summed E-state index contributed by atoms with van der Waals surface area (Å²) >= 11 is 0. The van der Waals surface area contributed by atoms with E-state index in [2.05, 4.69) is 26.0 Å². The number of fused-ring (bicyclic) bond motifs is 2. The fraction of sp³-hybridized carbons (Fsp3) is 0.567. The average Bonchev–Trinajstić information content (AvgIpc) is 3.28. The molecule has 1 saturated heterocycles. The zero-order chi connectivity index (χ0) is 30.8. The molecule has 1 unspecified atom stereocenters. The Labute approximate surface area is 250 Å². The lowest BCUT2D eigenvalue weighted by Gasteiger charge is -2.30. The SMILES string of the molecule is CC(C)(C)OC(=O)N[C@H]1CCCCC/C=C\C2C[C@@]2(C(=O)O)NC(=O)[C@@H]2C[C@@H](n3nnc(-c4ccccc4)n3)CN2C1=O. The molecule has 0 spiro atoms. The van der Waals surface area contributed by atoms with Crippen LogP contribution in [0.3, 0.4) is 0 Å². The first-order chi connectivity index (χ1) is 20.5. The number of rotatable bonds is 4. The van der Waals surface area contributed by atoms with Crippen molar-refractivity contribution in [1.29, 1.82) is 0 Å². The van der Waals surface area contributed by atoms with Crippen LogP contribution in [0.4, 0.5) is 4.79 Å². The lowest BCUT2D eigenvalue weighted by Crippen LogP contribution is -2.56. The zero-order valence-electron chi connectivity index (χ0n) is 24.7. The van der Waals surface area contributed by atoms with Crippen LogP contribution in [0.25, 0.3) is 11.4 Å². The second kappa shape index (κ2) is 12.1. The van der Waals surface area contributed by atoms with Gasteiger partial charge in [0.15, 0.2) is 0 Å². The molecule has 13 heteroatoms. The number of nitrogens with one attached hydrogen (secondary N) is 2. The highest BCUT2D eigenvalue weighted by Crippen LogP contribution is 2.45. The van der Waals surface area contributed by atoms with Gasteiger partial charge in [-0.15, -0.1) is 10.2 Å². The topological polar surface area (TPSA) is 169 Å². The Bertz CT molecular complexity index is 1390. The molecule has 5 rings (SSSR count). The molecule has 3 amide bonds. The molecule has 5 atom stereocenters. The molecule has 0 bridgehead atoms. The second-order valence-corrected chi connectivity index (χ2v) is 12.5. The Morgan fingerprint density at radius 1 is 1.14 bits per heavy atom. The van der Waals surface area contributed by atoms with E-state index in [0.717, 1.165) is 24.8 Å². The summed E-state index contributed by atoms with van der Waals surface area (Å²) in [4.78, 5) is 55.7. The molecule has 2 aliphatic heterocycles. The quantitative estimate of drug-likeness (QED) is 0.451. The Morgan fingerprint density at radius 2 is 1.91 bits per heavy atom. The number of nitrogens with zero attached hydrogens (tertiary/aromatic N) is 5. The largest absolute Gasteiger partial charge is 0.479 e. The second-order valence-electron chi connectivity index (χ2n) is 12.5. The first-order valence-electron chi connectivity index (χ1n) is 14.8. The first kappa shape index (κ1) is 30.2. The minimum atomic E-state index is -1.42. The molecule has 2 fully saturated rings. The lowest BCUT2D eigenvalue weighted by atomic mass is 10.0. The normalized spacial score (nSPS) is 28.9. The highest BCUT2D eigenvalue weighted by molar-refractivity contribution is 5.96. The maximum atomic E-state index is 14.1. The van der Waals surface area contributed by atoms with E-state index in [0.29, 0.717) is 18.7 Å². The summed E-state index contributed by atoms with van der Waals surface area (Å²) in [5, 5.41) is 28.4. The summed E-state index contributed by atoms with van der Waals surface area (Å²) in [7, 11) is 0. The lowest BCUT2D eigenvalue weighted by molar-refractivity contribution is -0.145. The van der Waals surface area contributed by atoms with Crippen molar-refractivity contribution in [3.8, 4) is 11.4 Å². The van der Waals surface area contributed by atoms with Crippen LogP contribution >= 0.6 is 0 Å². The molecule has 3 heterocycles. The predicted octanol–water partition coefficient (Wildman–Crippen LogP) is 2.86. The summed E-state index contributed by atoms with van der Waals surface area (Å²) in [6, 6.07) is 6.89. The van der Waals surface area contributed by atoms with Crippen molar-refractivity contribution < 1.29 is 29.0 Å². The molecule has 3 aliphatic rings. The number of carboxylic acids is 1. The van der Waals surface area contributed by atoms with Crippen LogP contribution in [-0.4, -0.2) is 83.9 Å². The number of amides is 3. The van der Waals surface area contributed by atoms with E-state index in [1.807, 2.05) is 42.5 Å². The van der Waals surface area contributed by atoms with Gasteiger partial charge in [0.2, 0.25) is 17.6 Å². The number of benzene rings is 1. The Morgan fingerprint density at radius 3 is 2.63 bits per heavy atom. The number of carbonyl (C=O) groups is 4. The zero-order valence-corrected chi connectivity index (χ0v) is 24.7. The molecule has 2 aromatic rings. The van der Waals surface area contributed by atoms with E-state index in [1.54, 1.807) is 20.8 Å². The highest BCUT2D eigenvalue weighted by Gasteiger charge is 2.61. The molecule has 230 valence electrons. The van der Waals surface area contributed by atoms with Crippen molar-refractivity contribution in [1.82, 2.24) is 35.7 Å². The molecule has 1 aromatic heterocycles. The number of carbonyl (C=O) groups excluding carboxylic acids is 3. The smallest absolute Gasteiger partial charge is 0.408 e. The van der Waals surface area contributed by atoms with Crippen LogP contribution in [0, 0.1) is 5.92 Å². The van der Waals surface area contributed by atoms with E-state index in [4.69, 9.17) is 4.74 Å². The van der Waals surface area contributed by atoms with Gasteiger partial charge in [-0.3, -0.25) is 9.59 Å². The number of hydrogen-bond acceptors (Lipinski definition) is 8. The third kappa shape index (κ3) is 6.86. The molecule has 43 heavy (non-hydrogen) atoms. The van der Waals surface area contributed by atoms with Crippen LogP contribution in [0.2, 0.25) is 0 Å². The van der Waals surface area contributed by atoms with Gasteiger partial charge in [0.25, 0.3) is 0 Å². The molecule has 1 aromatic carbocycles. The number of allylic oxidation sites excluding steroid dienone is 1. The molecular formula is C30H39N7O6. The van der Waals surface area contributed by atoms with Gasteiger partial charge in [-0.1, -0.05) is 55.3 Å². The van der Waals surface area contributed by atoms with Gasteiger partial charge < -0.3 is 25.4 Å². The van der Waals surface area contributed by atoms with E-state index in [-0.39, 0.29) is 25.3 Å². The van der Waals surface area contributed by atoms with Crippen molar-refractivity contribution in [2.24, 2.45) is 5.92 Å². The number of ether oxygens (including phenoxy) is 1. The van der Waals surface area contributed by atoms with Crippen LogP contribution in [0.1, 0.15) is 71.8 Å².